The van der Waals surface area contributed by atoms with Crippen molar-refractivity contribution >= 4 is 34.2 Å². The van der Waals surface area contributed by atoms with Gasteiger partial charge in [-0.3, -0.25) is 9.59 Å². The van der Waals surface area contributed by atoms with Crippen LogP contribution in [0.25, 0.3) is 10.9 Å². The van der Waals surface area contributed by atoms with E-state index in [-0.39, 0.29) is 30.7 Å². The third kappa shape index (κ3) is 6.49. The minimum Gasteiger partial charge on any atom is -0.356 e. The third-order valence-corrected chi connectivity index (χ3v) is 7.28. The van der Waals surface area contributed by atoms with Crippen LogP contribution in [0.15, 0.2) is 24.3 Å². The second kappa shape index (κ2) is 11.2. The molecule has 6 heteroatoms. The molecule has 2 heterocycles. The number of rotatable bonds is 6. The van der Waals surface area contributed by atoms with Crippen molar-refractivity contribution in [1.29, 1.82) is 0 Å². The SMILES string of the molecule is Cc1cc(N2C[C@H](C)C[C@@H](C)C2)nc2ccc(NC(=O)CCC(=O)NC3CCCCCC3)cc12. The summed E-state index contributed by atoms with van der Waals surface area (Å²) in [7, 11) is 0. The molecular formula is C28H40N4O2. The monoisotopic (exact) mass is 464 g/mol. The predicted molar refractivity (Wildman–Crippen MR) is 139 cm³/mol. The average Bonchev–Trinajstić information content (AvgIpc) is 3.06. The molecule has 34 heavy (non-hydrogen) atoms. The number of carbonyl (C=O) groups excluding carboxylic acids is 2. The second-order valence-corrected chi connectivity index (χ2v) is 10.7. The van der Waals surface area contributed by atoms with Gasteiger partial charge in [-0.15, -0.1) is 0 Å². The van der Waals surface area contributed by atoms with E-state index in [1.165, 1.54) is 32.1 Å². The fourth-order valence-corrected chi connectivity index (χ4v) is 5.64. The normalized spacial score (nSPS) is 21.8. The van der Waals surface area contributed by atoms with E-state index >= 15 is 0 Å². The summed E-state index contributed by atoms with van der Waals surface area (Å²) in [4.78, 5) is 32.1. The van der Waals surface area contributed by atoms with Gasteiger partial charge in [-0.2, -0.15) is 0 Å². The first kappa shape index (κ1) is 24.5. The molecular weight excluding hydrogens is 424 g/mol. The predicted octanol–water partition coefficient (Wildman–Crippen LogP) is 5.58. The van der Waals surface area contributed by atoms with E-state index in [1.54, 1.807) is 0 Å². The zero-order chi connectivity index (χ0) is 24.1. The van der Waals surface area contributed by atoms with Gasteiger partial charge < -0.3 is 15.5 Å². The van der Waals surface area contributed by atoms with Crippen molar-refractivity contribution in [2.24, 2.45) is 11.8 Å². The average molecular weight is 465 g/mol. The van der Waals surface area contributed by atoms with E-state index in [9.17, 15) is 9.59 Å². The lowest BCUT2D eigenvalue weighted by atomic mass is 9.92. The minimum absolute atomic E-state index is 0.0190. The van der Waals surface area contributed by atoms with Crippen LogP contribution in [0.3, 0.4) is 0 Å². The third-order valence-electron chi connectivity index (χ3n) is 7.28. The highest BCUT2D eigenvalue weighted by Crippen LogP contribution is 2.29. The molecule has 1 saturated heterocycles. The first-order valence-electron chi connectivity index (χ1n) is 13.1. The lowest BCUT2D eigenvalue weighted by molar-refractivity contribution is -0.124. The van der Waals surface area contributed by atoms with Gasteiger partial charge in [0, 0.05) is 43.0 Å². The Kier molecular flexibility index (Phi) is 8.07. The van der Waals surface area contributed by atoms with Crippen molar-refractivity contribution in [3.05, 3.63) is 29.8 Å². The number of anilines is 2. The van der Waals surface area contributed by atoms with Crippen LogP contribution < -0.4 is 15.5 Å². The summed E-state index contributed by atoms with van der Waals surface area (Å²) in [6.07, 6.45) is 8.68. The molecule has 0 radical (unpaired) electrons. The number of carbonyl (C=O) groups is 2. The molecule has 2 atom stereocenters. The van der Waals surface area contributed by atoms with Crippen molar-refractivity contribution < 1.29 is 9.59 Å². The van der Waals surface area contributed by atoms with E-state index in [0.717, 1.165) is 53.9 Å². The van der Waals surface area contributed by atoms with Gasteiger partial charge in [-0.25, -0.2) is 4.98 Å². The summed E-state index contributed by atoms with van der Waals surface area (Å²) in [5.41, 5.74) is 2.85. The number of aromatic nitrogens is 1. The number of piperidine rings is 1. The molecule has 0 unspecified atom stereocenters. The molecule has 1 aliphatic carbocycles. The molecule has 2 N–H and O–H groups in total. The molecule has 1 aromatic carbocycles. The molecule has 2 aliphatic rings. The Bertz CT molecular complexity index is 1000. The molecule has 0 bridgehead atoms. The van der Waals surface area contributed by atoms with Gasteiger partial charge >= 0.3 is 0 Å². The highest BCUT2D eigenvalue weighted by molar-refractivity contribution is 5.96. The number of nitrogens with zero attached hydrogens (tertiary/aromatic N) is 2. The van der Waals surface area contributed by atoms with Crippen LogP contribution in [0.1, 0.15) is 77.2 Å². The summed E-state index contributed by atoms with van der Waals surface area (Å²) in [5.74, 6) is 2.24. The van der Waals surface area contributed by atoms with Gasteiger partial charge in [0.05, 0.1) is 5.52 Å². The maximum atomic E-state index is 12.5. The summed E-state index contributed by atoms with van der Waals surface area (Å²) in [6.45, 7) is 8.82. The van der Waals surface area contributed by atoms with Gasteiger partial charge in [-0.05, 0) is 67.9 Å². The Morgan fingerprint density at radius 1 is 0.971 bits per heavy atom. The van der Waals surface area contributed by atoms with Gasteiger partial charge in [0.1, 0.15) is 5.82 Å². The van der Waals surface area contributed by atoms with Crippen LogP contribution in [0.4, 0.5) is 11.5 Å². The van der Waals surface area contributed by atoms with Crippen molar-refractivity contribution in [2.75, 3.05) is 23.3 Å². The highest BCUT2D eigenvalue weighted by atomic mass is 16.2. The van der Waals surface area contributed by atoms with Crippen LogP contribution in [0.5, 0.6) is 0 Å². The van der Waals surface area contributed by atoms with Crippen LogP contribution in [-0.2, 0) is 9.59 Å². The number of pyridine rings is 1. The van der Waals surface area contributed by atoms with Gasteiger partial charge in [-0.1, -0.05) is 39.5 Å². The molecule has 1 aliphatic heterocycles. The Morgan fingerprint density at radius 2 is 1.65 bits per heavy atom. The summed E-state index contributed by atoms with van der Waals surface area (Å²) in [6, 6.07) is 8.32. The molecule has 2 fully saturated rings. The zero-order valence-electron chi connectivity index (χ0n) is 21.0. The summed E-state index contributed by atoms with van der Waals surface area (Å²) < 4.78 is 0. The maximum absolute atomic E-state index is 12.5. The first-order valence-corrected chi connectivity index (χ1v) is 13.1. The Morgan fingerprint density at radius 3 is 2.35 bits per heavy atom. The number of aryl methyl sites for hydroxylation is 1. The first-order chi connectivity index (χ1) is 16.4. The lowest BCUT2D eigenvalue weighted by Crippen LogP contribution is -2.39. The number of benzene rings is 1. The number of fused-ring (bicyclic) bond motifs is 1. The van der Waals surface area contributed by atoms with Crippen LogP contribution >= 0.6 is 0 Å². The van der Waals surface area contributed by atoms with E-state index in [4.69, 9.17) is 4.98 Å². The maximum Gasteiger partial charge on any atom is 0.224 e. The molecule has 6 nitrogen and oxygen atoms in total. The quantitative estimate of drug-likeness (QED) is 0.547. The summed E-state index contributed by atoms with van der Waals surface area (Å²) in [5, 5.41) is 7.13. The summed E-state index contributed by atoms with van der Waals surface area (Å²) >= 11 is 0. The Hall–Kier alpha value is -2.63. The van der Waals surface area contributed by atoms with Crippen molar-refractivity contribution in [2.45, 2.75) is 84.6 Å². The number of nitrogens with one attached hydrogen (secondary N) is 2. The number of hydrogen-bond acceptors (Lipinski definition) is 4. The standard InChI is InChI=1S/C28H40N4O2/c1-19-14-20(2)18-32(17-19)26-15-21(3)24-16-23(10-11-25(24)31-26)30-28(34)13-12-27(33)29-22-8-6-4-5-7-9-22/h10-11,15-16,19-20,22H,4-9,12-14,17-18H2,1-3H3,(H,29,33)(H,30,34)/t19-,20-/m1/s1. The molecule has 1 aromatic heterocycles. The second-order valence-electron chi connectivity index (χ2n) is 10.7. The van der Waals surface area contributed by atoms with E-state index < -0.39 is 0 Å². The van der Waals surface area contributed by atoms with Crippen LogP contribution in [0, 0.1) is 18.8 Å². The van der Waals surface area contributed by atoms with Crippen molar-refractivity contribution in [3.8, 4) is 0 Å². The van der Waals surface area contributed by atoms with E-state index in [1.807, 2.05) is 18.2 Å². The number of hydrogen-bond donors (Lipinski definition) is 2. The van der Waals surface area contributed by atoms with Crippen LogP contribution in [-0.4, -0.2) is 35.9 Å². The Labute approximate surface area is 203 Å². The smallest absolute Gasteiger partial charge is 0.224 e. The van der Waals surface area contributed by atoms with Gasteiger partial charge in [0.2, 0.25) is 11.8 Å². The lowest BCUT2D eigenvalue weighted by Gasteiger charge is -2.36. The van der Waals surface area contributed by atoms with Crippen molar-refractivity contribution in [1.82, 2.24) is 10.3 Å². The number of amides is 2. The Balaban J connectivity index is 1.34. The molecule has 0 spiro atoms. The molecule has 2 aromatic rings. The largest absolute Gasteiger partial charge is 0.356 e. The van der Waals surface area contributed by atoms with Gasteiger partial charge in [0.25, 0.3) is 0 Å². The molecule has 184 valence electrons. The zero-order valence-corrected chi connectivity index (χ0v) is 21.0. The fourth-order valence-electron chi connectivity index (χ4n) is 5.64. The van der Waals surface area contributed by atoms with Gasteiger partial charge in [0.15, 0.2) is 0 Å². The topological polar surface area (TPSA) is 74.3 Å². The highest BCUT2D eigenvalue weighted by Gasteiger charge is 2.23. The van der Waals surface area contributed by atoms with E-state index in [2.05, 4.69) is 42.4 Å². The van der Waals surface area contributed by atoms with Crippen LogP contribution in [0.2, 0.25) is 0 Å². The molecule has 1 saturated carbocycles. The van der Waals surface area contributed by atoms with E-state index in [0.29, 0.717) is 11.8 Å². The molecule has 2 amide bonds. The minimum atomic E-state index is -0.131. The fraction of sp³-hybridized carbons (Fsp3) is 0.607. The van der Waals surface area contributed by atoms with Crippen molar-refractivity contribution in [3.63, 3.8) is 0 Å². The molecule has 4 rings (SSSR count).